The van der Waals surface area contributed by atoms with Crippen molar-refractivity contribution >= 4 is 23.5 Å². The maximum absolute atomic E-state index is 5.94. The molecule has 0 saturated carbocycles. The van der Waals surface area contributed by atoms with Crippen molar-refractivity contribution in [1.29, 1.82) is 0 Å². The smallest absolute Gasteiger partial charge is 0.231 e. The zero-order valence-electron chi connectivity index (χ0n) is 10.3. The van der Waals surface area contributed by atoms with E-state index in [1.54, 1.807) is 12.4 Å². The number of hydrogen-bond donors (Lipinski definition) is 2. The van der Waals surface area contributed by atoms with Crippen molar-refractivity contribution in [2.45, 2.75) is 19.4 Å². The predicted molar refractivity (Wildman–Crippen MR) is 72.2 cm³/mol. The van der Waals surface area contributed by atoms with E-state index in [0.717, 1.165) is 18.9 Å². The van der Waals surface area contributed by atoms with Gasteiger partial charge < -0.3 is 15.2 Å². The quantitative estimate of drug-likeness (QED) is 0.882. The molecule has 1 saturated heterocycles. The lowest BCUT2D eigenvalue weighted by atomic mass is 10.4. The number of nitrogens with zero attached hydrogens (tertiary/aromatic N) is 5. The molecule has 0 amide bonds. The number of nitrogens with one attached hydrogen (secondary N) is 2. The van der Waals surface area contributed by atoms with Gasteiger partial charge in [0.25, 0.3) is 0 Å². The Bertz CT molecular complexity index is 536. The van der Waals surface area contributed by atoms with Gasteiger partial charge in [0.1, 0.15) is 5.82 Å². The highest BCUT2D eigenvalue weighted by molar-refractivity contribution is 6.28. The van der Waals surface area contributed by atoms with E-state index in [2.05, 4.69) is 35.1 Å². The van der Waals surface area contributed by atoms with Crippen molar-refractivity contribution in [2.75, 3.05) is 23.3 Å². The minimum atomic E-state index is 0.207. The lowest BCUT2D eigenvalue weighted by Gasteiger charge is -2.15. The third-order valence-corrected chi connectivity index (χ3v) is 3.12. The fourth-order valence-corrected chi connectivity index (χ4v) is 2.19. The predicted octanol–water partition coefficient (Wildman–Crippen LogP) is 1.46. The van der Waals surface area contributed by atoms with Crippen LogP contribution in [0.5, 0.6) is 0 Å². The summed E-state index contributed by atoms with van der Waals surface area (Å²) in [6, 6.07) is 0. The maximum atomic E-state index is 5.94. The second-order valence-electron chi connectivity index (χ2n) is 4.31. The van der Waals surface area contributed by atoms with E-state index in [9.17, 15) is 0 Å². The van der Waals surface area contributed by atoms with Crippen LogP contribution in [0.3, 0.4) is 0 Å². The summed E-state index contributed by atoms with van der Waals surface area (Å²) in [5, 5.41) is 3.29. The zero-order valence-corrected chi connectivity index (χ0v) is 11.1. The number of halogens is 1. The van der Waals surface area contributed by atoms with Crippen LogP contribution in [0.2, 0.25) is 5.28 Å². The van der Waals surface area contributed by atoms with Crippen LogP contribution < -0.4 is 10.2 Å². The number of H-pyrrole nitrogens is 1. The van der Waals surface area contributed by atoms with E-state index in [4.69, 9.17) is 11.6 Å². The van der Waals surface area contributed by atoms with Crippen molar-refractivity contribution in [3.8, 4) is 0 Å². The number of anilines is 2. The molecule has 1 aliphatic rings. The zero-order chi connectivity index (χ0) is 13.1. The Morgan fingerprint density at radius 1 is 1.26 bits per heavy atom. The van der Waals surface area contributed by atoms with Crippen molar-refractivity contribution in [2.24, 2.45) is 0 Å². The van der Waals surface area contributed by atoms with Crippen LogP contribution in [0.15, 0.2) is 12.4 Å². The highest BCUT2D eigenvalue weighted by atomic mass is 35.5. The van der Waals surface area contributed by atoms with E-state index >= 15 is 0 Å². The number of hydrogen-bond acceptors (Lipinski definition) is 6. The Balaban J connectivity index is 1.73. The fourth-order valence-electron chi connectivity index (χ4n) is 2.03. The standard InChI is InChI=1S/C11H14ClN7/c12-9-16-10(15-7-8-13-3-4-14-8)18-11(17-9)19-5-1-2-6-19/h3-4H,1-2,5-7H2,(H,13,14)(H,15,16,17,18). The molecule has 8 heteroatoms. The van der Waals surface area contributed by atoms with Crippen LogP contribution >= 0.6 is 11.6 Å². The van der Waals surface area contributed by atoms with E-state index in [1.807, 2.05) is 0 Å². The molecular formula is C11H14ClN7. The molecule has 1 fully saturated rings. The number of imidazole rings is 1. The van der Waals surface area contributed by atoms with E-state index in [-0.39, 0.29) is 5.28 Å². The number of rotatable bonds is 4. The molecule has 1 aliphatic heterocycles. The lowest BCUT2D eigenvalue weighted by molar-refractivity contribution is 0.871. The first kappa shape index (κ1) is 12.2. The molecule has 2 N–H and O–H groups in total. The Morgan fingerprint density at radius 2 is 2.11 bits per heavy atom. The normalized spacial score (nSPS) is 14.9. The first-order valence-electron chi connectivity index (χ1n) is 6.20. The minimum absolute atomic E-state index is 0.207. The van der Waals surface area contributed by atoms with Crippen LogP contribution in [0.4, 0.5) is 11.9 Å². The van der Waals surface area contributed by atoms with Gasteiger partial charge in [0, 0.05) is 25.5 Å². The van der Waals surface area contributed by atoms with Crippen LogP contribution in [-0.2, 0) is 6.54 Å². The summed E-state index contributed by atoms with van der Waals surface area (Å²) in [6.07, 6.45) is 5.80. The van der Waals surface area contributed by atoms with E-state index < -0.39 is 0 Å². The topological polar surface area (TPSA) is 82.6 Å². The molecule has 0 radical (unpaired) electrons. The van der Waals surface area contributed by atoms with Crippen molar-refractivity contribution in [3.63, 3.8) is 0 Å². The van der Waals surface area contributed by atoms with E-state index in [0.29, 0.717) is 18.4 Å². The SMILES string of the molecule is Clc1nc(NCc2ncc[nH]2)nc(N2CCCC2)n1. The van der Waals surface area contributed by atoms with Crippen molar-refractivity contribution in [3.05, 3.63) is 23.5 Å². The molecule has 0 spiro atoms. The van der Waals surface area contributed by atoms with Crippen LogP contribution in [0.1, 0.15) is 18.7 Å². The molecular weight excluding hydrogens is 266 g/mol. The van der Waals surface area contributed by atoms with Crippen molar-refractivity contribution < 1.29 is 0 Å². The maximum Gasteiger partial charge on any atom is 0.231 e. The minimum Gasteiger partial charge on any atom is -0.347 e. The Labute approximate surface area is 115 Å². The van der Waals surface area contributed by atoms with Crippen LogP contribution in [-0.4, -0.2) is 38.0 Å². The highest BCUT2D eigenvalue weighted by Gasteiger charge is 2.16. The molecule has 19 heavy (non-hydrogen) atoms. The summed E-state index contributed by atoms with van der Waals surface area (Å²) in [7, 11) is 0. The van der Waals surface area contributed by atoms with Crippen molar-refractivity contribution in [1.82, 2.24) is 24.9 Å². The fraction of sp³-hybridized carbons (Fsp3) is 0.455. The van der Waals surface area contributed by atoms with Crippen LogP contribution in [0.25, 0.3) is 0 Å². The number of aromatic nitrogens is 5. The summed E-state index contributed by atoms with van der Waals surface area (Å²) in [5.41, 5.74) is 0. The van der Waals surface area contributed by atoms with Gasteiger partial charge in [0.15, 0.2) is 0 Å². The Morgan fingerprint density at radius 3 is 2.84 bits per heavy atom. The van der Waals surface area contributed by atoms with Gasteiger partial charge in [-0.05, 0) is 24.4 Å². The summed E-state index contributed by atoms with van der Waals surface area (Å²) in [4.78, 5) is 21.9. The van der Waals surface area contributed by atoms with E-state index in [1.165, 1.54) is 12.8 Å². The van der Waals surface area contributed by atoms with Gasteiger partial charge in [-0.15, -0.1) is 0 Å². The first-order chi connectivity index (χ1) is 9.31. The molecule has 0 bridgehead atoms. The van der Waals surface area contributed by atoms with Crippen LogP contribution in [0, 0.1) is 0 Å². The molecule has 0 aromatic carbocycles. The van der Waals surface area contributed by atoms with Gasteiger partial charge >= 0.3 is 0 Å². The third-order valence-electron chi connectivity index (χ3n) is 2.95. The summed E-state index contributed by atoms with van der Waals surface area (Å²) < 4.78 is 0. The van der Waals surface area contributed by atoms with Gasteiger partial charge in [-0.2, -0.15) is 15.0 Å². The monoisotopic (exact) mass is 279 g/mol. The molecule has 100 valence electrons. The van der Waals surface area contributed by atoms with Gasteiger partial charge in [0.05, 0.1) is 6.54 Å². The molecule has 3 rings (SSSR count). The number of aromatic amines is 1. The Kier molecular flexibility index (Phi) is 3.45. The second-order valence-corrected chi connectivity index (χ2v) is 4.65. The molecule has 0 unspecified atom stereocenters. The molecule has 0 aliphatic carbocycles. The highest BCUT2D eigenvalue weighted by Crippen LogP contribution is 2.18. The first-order valence-corrected chi connectivity index (χ1v) is 6.58. The summed E-state index contributed by atoms with van der Waals surface area (Å²) in [5.74, 6) is 1.93. The molecule has 7 nitrogen and oxygen atoms in total. The van der Waals surface area contributed by atoms with Gasteiger partial charge in [0.2, 0.25) is 17.2 Å². The average Bonchev–Trinajstić information content (AvgIpc) is 3.09. The van der Waals surface area contributed by atoms with Gasteiger partial charge in [-0.25, -0.2) is 4.98 Å². The third kappa shape index (κ3) is 2.93. The summed E-state index contributed by atoms with van der Waals surface area (Å²) >= 11 is 5.94. The summed E-state index contributed by atoms with van der Waals surface area (Å²) in [6.45, 7) is 2.46. The lowest BCUT2D eigenvalue weighted by Crippen LogP contribution is -2.21. The molecule has 0 atom stereocenters. The van der Waals surface area contributed by atoms with Gasteiger partial charge in [-0.3, -0.25) is 0 Å². The second kappa shape index (κ2) is 5.40. The molecule has 3 heterocycles. The van der Waals surface area contributed by atoms with Gasteiger partial charge in [-0.1, -0.05) is 0 Å². The average molecular weight is 280 g/mol. The largest absolute Gasteiger partial charge is 0.347 e. The molecule has 2 aromatic heterocycles. The Hall–Kier alpha value is -1.89. The molecule has 2 aromatic rings.